The average molecular weight is 291 g/mol. The predicted molar refractivity (Wildman–Crippen MR) is 83.6 cm³/mol. The Kier molecular flexibility index (Phi) is 5.44. The Morgan fingerprint density at radius 3 is 2.65 bits per heavy atom. The molecule has 0 fully saturated rings. The zero-order valence-electron chi connectivity index (χ0n) is 12.2. The van der Waals surface area contributed by atoms with Gasteiger partial charge in [0.15, 0.2) is 11.5 Å². The van der Waals surface area contributed by atoms with E-state index in [0.717, 1.165) is 24.6 Å². The first-order valence-electron chi connectivity index (χ1n) is 6.75. The Hall–Kier alpha value is -1.52. The monoisotopic (exact) mass is 291 g/mol. The summed E-state index contributed by atoms with van der Waals surface area (Å²) in [5.74, 6) is 1.58. The van der Waals surface area contributed by atoms with E-state index in [4.69, 9.17) is 9.47 Å². The van der Waals surface area contributed by atoms with E-state index in [2.05, 4.69) is 28.9 Å². The molecule has 0 aliphatic rings. The summed E-state index contributed by atoms with van der Waals surface area (Å²) in [5.41, 5.74) is 1.19. The van der Waals surface area contributed by atoms with Gasteiger partial charge in [0.25, 0.3) is 0 Å². The highest BCUT2D eigenvalue weighted by Gasteiger charge is 2.07. The number of ether oxygens (including phenoxy) is 2. The van der Waals surface area contributed by atoms with Gasteiger partial charge in [-0.25, -0.2) is 0 Å². The van der Waals surface area contributed by atoms with Crippen molar-refractivity contribution in [2.24, 2.45) is 0 Å². The molecule has 1 aromatic heterocycles. The molecule has 0 saturated carbocycles. The minimum Gasteiger partial charge on any atom is -0.493 e. The zero-order chi connectivity index (χ0) is 14.4. The van der Waals surface area contributed by atoms with Crippen LogP contribution in [0.15, 0.2) is 35.7 Å². The van der Waals surface area contributed by atoms with Gasteiger partial charge in [-0.05, 0) is 43.0 Å². The molecule has 0 bridgehead atoms. The molecule has 2 rings (SSSR count). The fourth-order valence-electron chi connectivity index (χ4n) is 1.92. The molecule has 0 radical (unpaired) electrons. The fourth-order valence-corrected chi connectivity index (χ4v) is 2.59. The average Bonchev–Trinajstić information content (AvgIpc) is 2.93. The fraction of sp³-hybridized carbons (Fsp3) is 0.375. The first-order valence-corrected chi connectivity index (χ1v) is 7.63. The molecule has 3 nitrogen and oxygen atoms in total. The van der Waals surface area contributed by atoms with E-state index in [1.165, 1.54) is 10.4 Å². The van der Waals surface area contributed by atoms with Crippen molar-refractivity contribution < 1.29 is 9.47 Å². The molecule has 0 aliphatic carbocycles. The maximum atomic E-state index is 5.71. The molecule has 2 aromatic rings. The third-order valence-corrected chi connectivity index (χ3v) is 3.68. The quantitative estimate of drug-likeness (QED) is 0.841. The van der Waals surface area contributed by atoms with Crippen LogP contribution in [0.5, 0.6) is 11.5 Å². The molecule has 20 heavy (non-hydrogen) atoms. The zero-order valence-corrected chi connectivity index (χ0v) is 13.0. The lowest BCUT2D eigenvalue weighted by molar-refractivity contribution is 0.230. The topological polar surface area (TPSA) is 30.5 Å². The van der Waals surface area contributed by atoms with E-state index in [1.54, 1.807) is 18.4 Å². The molecule has 0 spiro atoms. The van der Waals surface area contributed by atoms with Crippen molar-refractivity contribution in [2.45, 2.75) is 33.0 Å². The van der Waals surface area contributed by atoms with Crippen LogP contribution >= 0.6 is 11.3 Å². The number of thiophene rings is 1. The standard InChI is InChI=1S/C16H21NO2S/c1-12(2)19-15-7-6-13(9-16(15)18-3)10-17-11-14-5-4-8-20-14/h4-9,12,17H,10-11H2,1-3H3. The minimum atomic E-state index is 0.145. The predicted octanol–water partition coefficient (Wildman–Crippen LogP) is 3.83. The first kappa shape index (κ1) is 14.9. The van der Waals surface area contributed by atoms with Gasteiger partial charge in [0, 0.05) is 18.0 Å². The first-order chi connectivity index (χ1) is 9.69. The van der Waals surface area contributed by atoms with Crippen LogP contribution in [0.2, 0.25) is 0 Å². The second-order valence-electron chi connectivity index (χ2n) is 4.83. The van der Waals surface area contributed by atoms with Crippen LogP contribution in [0.3, 0.4) is 0 Å². The number of hydrogen-bond acceptors (Lipinski definition) is 4. The molecule has 0 amide bonds. The highest BCUT2D eigenvalue weighted by atomic mass is 32.1. The van der Waals surface area contributed by atoms with Gasteiger partial charge < -0.3 is 14.8 Å². The lowest BCUT2D eigenvalue weighted by atomic mass is 10.2. The Bertz CT molecular complexity index is 523. The van der Waals surface area contributed by atoms with Gasteiger partial charge in [-0.2, -0.15) is 0 Å². The molecule has 108 valence electrons. The largest absolute Gasteiger partial charge is 0.493 e. The Balaban J connectivity index is 1.94. The van der Waals surface area contributed by atoms with Crippen molar-refractivity contribution in [1.29, 1.82) is 0 Å². The summed E-state index contributed by atoms with van der Waals surface area (Å²) >= 11 is 1.77. The number of methoxy groups -OCH3 is 1. The third kappa shape index (κ3) is 4.25. The van der Waals surface area contributed by atoms with Gasteiger partial charge in [0.05, 0.1) is 13.2 Å². The summed E-state index contributed by atoms with van der Waals surface area (Å²) in [4.78, 5) is 1.34. The smallest absolute Gasteiger partial charge is 0.161 e. The van der Waals surface area contributed by atoms with E-state index in [1.807, 2.05) is 26.0 Å². The third-order valence-electron chi connectivity index (χ3n) is 2.80. The van der Waals surface area contributed by atoms with Crippen LogP contribution in [0.1, 0.15) is 24.3 Å². The lowest BCUT2D eigenvalue weighted by Gasteiger charge is -2.14. The molecular formula is C16H21NO2S. The van der Waals surface area contributed by atoms with Crippen molar-refractivity contribution in [2.75, 3.05) is 7.11 Å². The van der Waals surface area contributed by atoms with E-state index in [-0.39, 0.29) is 6.10 Å². The number of benzene rings is 1. The van der Waals surface area contributed by atoms with Crippen LogP contribution in [0.25, 0.3) is 0 Å². The molecule has 0 atom stereocenters. The second-order valence-corrected chi connectivity index (χ2v) is 5.87. The van der Waals surface area contributed by atoms with Crippen molar-refractivity contribution in [3.05, 3.63) is 46.2 Å². The minimum absolute atomic E-state index is 0.145. The van der Waals surface area contributed by atoms with Gasteiger partial charge in [0.1, 0.15) is 0 Å². The summed E-state index contributed by atoms with van der Waals surface area (Å²) in [6.07, 6.45) is 0.145. The van der Waals surface area contributed by atoms with Crippen LogP contribution in [0.4, 0.5) is 0 Å². The number of hydrogen-bond donors (Lipinski definition) is 1. The van der Waals surface area contributed by atoms with Crippen molar-refractivity contribution in [3.63, 3.8) is 0 Å². The Morgan fingerprint density at radius 2 is 2.00 bits per heavy atom. The Morgan fingerprint density at radius 1 is 1.15 bits per heavy atom. The van der Waals surface area contributed by atoms with Gasteiger partial charge in [-0.1, -0.05) is 12.1 Å². The molecule has 4 heteroatoms. The maximum absolute atomic E-state index is 5.71. The number of rotatable bonds is 7. The van der Waals surface area contributed by atoms with Crippen LogP contribution in [-0.4, -0.2) is 13.2 Å². The van der Waals surface area contributed by atoms with Gasteiger partial charge in [-0.15, -0.1) is 11.3 Å². The van der Waals surface area contributed by atoms with Gasteiger partial charge in [-0.3, -0.25) is 0 Å². The molecule has 1 aromatic carbocycles. The highest BCUT2D eigenvalue weighted by Crippen LogP contribution is 2.28. The summed E-state index contributed by atoms with van der Waals surface area (Å²) < 4.78 is 11.1. The molecule has 1 heterocycles. The molecule has 0 unspecified atom stereocenters. The van der Waals surface area contributed by atoms with E-state index < -0.39 is 0 Å². The molecule has 1 N–H and O–H groups in total. The van der Waals surface area contributed by atoms with E-state index >= 15 is 0 Å². The maximum Gasteiger partial charge on any atom is 0.161 e. The van der Waals surface area contributed by atoms with Gasteiger partial charge in [0.2, 0.25) is 0 Å². The summed E-state index contributed by atoms with van der Waals surface area (Å²) in [6, 6.07) is 10.3. The molecule has 0 aliphatic heterocycles. The lowest BCUT2D eigenvalue weighted by Crippen LogP contribution is -2.12. The SMILES string of the molecule is COc1cc(CNCc2cccs2)ccc1OC(C)C. The highest BCUT2D eigenvalue weighted by molar-refractivity contribution is 7.09. The Labute approximate surface area is 124 Å². The molecular weight excluding hydrogens is 270 g/mol. The van der Waals surface area contributed by atoms with E-state index in [9.17, 15) is 0 Å². The van der Waals surface area contributed by atoms with Crippen molar-refractivity contribution in [1.82, 2.24) is 5.32 Å². The normalized spacial score (nSPS) is 10.8. The second kappa shape index (κ2) is 7.31. The van der Waals surface area contributed by atoms with E-state index in [0.29, 0.717) is 0 Å². The summed E-state index contributed by atoms with van der Waals surface area (Å²) in [7, 11) is 1.67. The van der Waals surface area contributed by atoms with Crippen molar-refractivity contribution >= 4 is 11.3 Å². The van der Waals surface area contributed by atoms with Crippen LogP contribution < -0.4 is 14.8 Å². The van der Waals surface area contributed by atoms with Crippen LogP contribution in [0, 0.1) is 0 Å². The summed E-state index contributed by atoms with van der Waals surface area (Å²) in [6.45, 7) is 5.73. The molecule has 0 saturated heterocycles. The van der Waals surface area contributed by atoms with Crippen molar-refractivity contribution in [3.8, 4) is 11.5 Å². The van der Waals surface area contributed by atoms with Gasteiger partial charge >= 0.3 is 0 Å². The number of nitrogens with one attached hydrogen (secondary N) is 1. The van der Waals surface area contributed by atoms with Crippen LogP contribution in [-0.2, 0) is 13.1 Å². The summed E-state index contributed by atoms with van der Waals surface area (Å²) in [5, 5.41) is 5.53.